The molecule has 1 aromatic carbocycles. The van der Waals surface area contributed by atoms with Gasteiger partial charge in [0, 0.05) is 67.7 Å². The van der Waals surface area contributed by atoms with Crippen LogP contribution in [0.25, 0.3) is 17.2 Å². The van der Waals surface area contributed by atoms with Gasteiger partial charge in [-0.3, -0.25) is 9.78 Å². The van der Waals surface area contributed by atoms with Gasteiger partial charge >= 0.3 is 0 Å². The molecule has 1 fully saturated rings. The van der Waals surface area contributed by atoms with Crippen molar-refractivity contribution in [3.8, 4) is 11.1 Å². The van der Waals surface area contributed by atoms with Crippen LogP contribution in [0.2, 0.25) is 0 Å². The summed E-state index contributed by atoms with van der Waals surface area (Å²) in [4.78, 5) is 24.0. The van der Waals surface area contributed by atoms with Crippen molar-refractivity contribution in [1.29, 1.82) is 0 Å². The third-order valence-electron chi connectivity index (χ3n) is 6.42. The number of nitrogens with two attached hydrogens (primary N) is 2. The Morgan fingerprint density at radius 3 is 2.56 bits per heavy atom. The van der Waals surface area contributed by atoms with Gasteiger partial charge in [-0.15, -0.1) is 0 Å². The first kappa shape index (κ1) is 26.0. The lowest BCUT2D eigenvalue weighted by molar-refractivity contribution is -0.127. The van der Waals surface area contributed by atoms with Crippen LogP contribution in [-0.2, 0) is 14.8 Å². The molecule has 0 radical (unpaired) electrons. The highest BCUT2D eigenvalue weighted by Gasteiger charge is 2.31. The predicted octanol–water partition coefficient (Wildman–Crippen LogP) is 2.89. The number of amidine groups is 1. The van der Waals surface area contributed by atoms with Gasteiger partial charge in [-0.25, -0.2) is 13.4 Å². The summed E-state index contributed by atoms with van der Waals surface area (Å²) in [6.07, 6.45) is 7.54. The van der Waals surface area contributed by atoms with Crippen molar-refractivity contribution < 1.29 is 13.2 Å². The van der Waals surface area contributed by atoms with E-state index in [1.165, 1.54) is 10.5 Å². The number of hydrogen-bond donors (Lipinski definition) is 2. The molecule has 36 heavy (non-hydrogen) atoms. The largest absolute Gasteiger partial charge is 0.387 e. The highest BCUT2D eigenvalue weighted by atomic mass is 32.2. The van der Waals surface area contributed by atoms with Crippen LogP contribution in [0, 0.1) is 0 Å². The summed E-state index contributed by atoms with van der Waals surface area (Å²) in [5.74, 6) is 0.343. The first-order valence-corrected chi connectivity index (χ1v) is 13.8. The number of carbonyl (C=O) groups is 1. The number of fused-ring (bicyclic) bond motifs is 1. The maximum atomic E-state index is 13.2. The van der Waals surface area contributed by atoms with Gasteiger partial charge in [0.15, 0.2) is 0 Å². The molecule has 2 aliphatic rings. The van der Waals surface area contributed by atoms with E-state index in [9.17, 15) is 13.2 Å². The number of pyridine rings is 1. The maximum absolute atomic E-state index is 13.2. The lowest BCUT2D eigenvalue weighted by Gasteiger charge is -2.22. The SMILES string of the molecule is CCCN(CCC)C(=O)C1=Cc2ccc(-c3cncc(S(=O)(=O)N4CCC(N)C4)c3)cc2N=C(N)C1. The lowest BCUT2D eigenvalue weighted by Crippen LogP contribution is -2.34. The van der Waals surface area contributed by atoms with Gasteiger partial charge in [-0.2, -0.15) is 4.31 Å². The lowest BCUT2D eigenvalue weighted by atomic mass is 10.0. The summed E-state index contributed by atoms with van der Waals surface area (Å²) in [5.41, 5.74) is 15.6. The second kappa shape index (κ2) is 10.9. The number of aromatic nitrogens is 1. The molecule has 9 nitrogen and oxygen atoms in total. The van der Waals surface area contributed by atoms with Gasteiger partial charge in [0.1, 0.15) is 10.7 Å². The molecule has 2 aliphatic heterocycles. The monoisotopic (exact) mass is 510 g/mol. The minimum atomic E-state index is -3.68. The van der Waals surface area contributed by atoms with Crippen LogP contribution in [0.3, 0.4) is 0 Å². The van der Waals surface area contributed by atoms with Gasteiger partial charge in [0.25, 0.3) is 0 Å². The Morgan fingerprint density at radius 1 is 1.14 bits per heavy atom. The molecule has 2 aromatic rings. The molecular formula is C26H34N6O3S. The molecule has 0 aliphatic carbocycles. The van der Waals surface area contributed by atoms with E-state index in [2.05, 4.69) is 23.8 Å². The van der Waals surface area contributed by atoms with E-state index in [4.69, 9.17) is 11.5 Å². The van der Waals surface area contributed by atoms with Gasteiger partial charge in [0.05, 0.1) is 5.69 Å². The van der Waals surface area contributed by atoms with Crippen LogP contribution in [0.5, 0.6) is 0 Å². The van der Waals surface area contributed by atoms with Crippen molar-refractivity contribution >= 4 is 33.5 Å². The molecule has 1 aromatic heterocycles. The summed E-state index contributed by atoms with van der Waals surface area (Å²) in [7, 11) is -3.68. The highest BCUT2D eigenvalue weighted by Crippen LogP contribution is 2.33. The number of amides is 1. The summed E-state index contributed by atoms with van der Waals surface area (Å²) in [5, 5.41) is 0. The summed E-state index contributed by atoms with van der Waals surface area (Å²) >= 11 is 0. The standard InChI is InChI=1S/C26H34N6O3S/c1-3-8-31(9-4-2)26(33)20-11-19-6-5-18(13-24(19)30-25(28)14-20)21-12-23(16-29-15-21)36(34,35)32-10-7-22(27)17-32/h5-6,11-13,15-16,22H,3-4,7-10,14,17,27H2,1-2H3,(H2,28,30). The van der Waals surface area contributed by atoms with E-state index < -0.39 is 10.0 Å². The maximum Gasteiger partial charge on any atom is 0.250 e. The molecule has 10 heteroatoms. The Kier molecular flexibility index (Phi) is 7.87. The molecule has 1 atom stereocenters. The molecule has 1 unspecified atom stereocenters. The zero-order valence-corrected chi connectivity index (χ0v) is 21.7. The zero-order chi connectivity index (χ0) is 25.9. The molecule has 192 valence electrons. The fraction of sp³-hybridized carbons (Fsp3) is 0.423. The molecule has 0 spiro atoms. The first-order valence-electron chi connectivity index (χ1n) is 12.4. The molecule has 4 rings (SSSR count). The van der Waals surface area contributed by atoms with E-state index in [1.807, 2.05) is 29.2 Å². The van der Waals surface area contributed by atoms with Gasteiger partial charge in [-0.05, 0) is 43.0 Å². The second-order valence-corrected chi connectivity index (χ2v) is 11.3. The number of benzene rings is 1. The fourth-order valence-corrected chi connectivity index (χ4v) is 6.11. The quantitative estimate of drug-likeness (QED) is 0.561. The van der Waals surface area contributed by atoms with Gasteiger partial charge in [0.2, 0.25) is 15.9 Å². The number of aliphatic imine (C=N–C) groups is 1. The Balaban J connectivity index is 1.66. The van der Waals surface area contributed by atoms with E-state index in [0.717, 1.165) is 24.0 Å². The molecule has 1 saturated heterocycles. The molecule has 1 amide bonds. The van der Waals surface area contributed by atoms with Crippen molar-refractivity contribution in [2.24, 2.45) is 16.5 Å². The number of carbonyl (C=O) groups excluding carboxylic acids is 1. The van der Waals surface area contributed by atoms with Crippen molar-refractivity contribution in [2.75, 3.05) is 26.2 Å². The van der Waals surface area contributed by atoms with E-state index in [-0.39, 0.29) is 23.3 Å². The molecule has 4 N–H and O–H groups in total. The van der Waals surface area contributed by atoms with Crippen molar-refractivity contribution in [3.05, 3.63) is 47.8 Å². The zero-order valence-electron chi connectivity index (χ0n) is 20.9. The van der Waals surface area contributed by atoms with Gasteiger partial charge in [-0.1, -0.05) is 26.0 Å². The van der Waals surface area contributed by atoms with Crippen LogP contribution in [0.15, 0.2) is 52.1 Å². The summed E-state index contributed by atoms with van der Waals surface area (Å²) < 4.78 is 27.6. The molecular weight excluding hydrogens is 476 g/mol. The number of rotatable bonds is 8. The Hall–Kier alpha value is -3.08. The van der Waals surface area contributed by atoms with Crippen molar-refractivity contribution in [2.45, 2.75) is 50.5 Å². The smallest absolute Gasteiger partial charge is 0.250 e. The first-order chi connectivity index (χ1) is 17.2. The van der Waals surface area contributed by atoms with Crippen molar-refractivity contribution in [3.63, 3.8) is 0 Å². The third-order valence-corrected chi connectivity index (χ3v) is 8.25. The van der Waals surface area contributed by atoms with Crippen LogP contribution in [0.4, 0.5) is 5.69 Å². The fourth-order valence-electron chi connectivity index (χ4n) is 4.60. The van der Waals surface area contributed by atoms with Crippen LogP contribution in [-0.4, -0.2) is 66.6 Å². The van der Waals surface area contributed by atoms with E-state index >= 15 is 0 Å². The Labute approximate surface area is 212 Å². The van der Waals surface area contributed by atoms with E-state index in [1.54, 1.807) is 12.3 Å². The van der Waals surface area contributed by atoms with Crippen LogP contribution >= 0.6 is 0 Å². The average Bonchev–Trinajstić information content (AvgIpc) is 3.23. The highest BCUT2D eigenvalue weighted by molar-refractivity contribution is 7.89. The Bertz CT molecular complexity index is 1300. The molecule has 0 saturated carbocycles. The second-order valence-electron chi connectivity index (χ2n) is 9.34. The van der Waals surface area contributed by atoms with Gasteiger partial charge < -0.3 is 16.4 Å². The predicted molar refractivity (Wildman–Crippen MR) is 142 cm³/mol. The average molecular weight is 511 g/mol. The minimum Gasteiger partial charge on any atom is -0.387 e. The van der Waals surface area contributed by atoms with Crippen LogP contribution < -0.4 is 11.5 Å². The van der Waals surface area contributed by atoms with Crippen LogP contribution in [0.1, 0.15) is 45.1 Å². The molecule has 0 bridgehead atoms. The summed E-state index contributed by atoms with van der Waals surface area (Å²) in [6, 6.07) is 7.08. The number of sulfonamides is 1. The molecule has 3 heterocycles. The topological polar surface area (TPSA) is 135 Å². The summed E-state index contributed by atoms with van der Waals surface area (Å²) in [6.45, 7) is 6.21. The Morgan fingerprint density at radius 2 is 1.89 bits per heavy atom. The van der Waals surface area contributed by atoms with Crippen molar-refractivity contribution in [1.82, 2.24) is 14.2 Å². The van der Waals surface area contributed by atoms with E-state index in [0.29, 0.717) is 55.3 Å². The number of nitrogens with zero attached hydrogens (tertiary/aromatic N) is 4. The number of hydrogen-bond acceptors (Lipinski definition) is 7. The minimum absolute atomic E-state index is 0.0162. The third kappa shape index (κ3) is 5.50. The normalized spacial score (nSPS) is 18.2.